The number of hydrogen-bond acceptors (Lipinski definition) is 6. The van der Waals surface area contributed by atoms with Crippen LogP contribution in [0.1, 0.15) is 43.9 Å². The van der Waals surface area contributed by atoms with Crippen molar-refractivity contribution in [3.63, 3.8) is 0 Å². The summed E-state index contributed by atoms with van der Waals surface area (Å²) in [5.41, 5.74) is 2.02. The summed E-state index contributed by atoms with van der Waals surface area (Å²) in [7, 11) is 2.08. The van der Waals surface area contributed by atoms with Crippen molar-refractivity contribution in [3.05, 3.63) is 17.8 Å². The second kappa shape index (κ2) is 8.37. The van der Waals surface area contributed by atoms with E-state index in [1.807, 2.05) is 0 Å². The van der Waals surface area contributed by atoms with E-state index in [4.69, 9.17) is 4.74 Å². The molecule has 9 heteroatoms. The summed E-state index contributed by atoms with van der Waals surface area (Å²) in [5.74, 6) is -0.997. The molecule has 2 atom stereocenters. The Labute approximate surface area is 182 Å². The molecule has 4 heterocycles. The Bertz CT molecular complexity index is 886. The van der Waals surface area contributed by atoms with Crippen molar-refractivity contribution >= 4 is 23.2 Å². The van der Waals surface area contributed by atoms with Gasteiger partial charge in [0.15, 0.2) is 12.1 Å². The lowest BCUT2D eigenvalue weighted by atomic mass is 9.94. The SMILES string of the molecule is CN1CC=C(c2cnn3c2N(CC2CCOCC2)C(=O)C(C(=O)NC2CC2)C3O)CC1. The Morgan fingerprint density at radius 3 is 2.74 bits per heavy atom. The molecule has 0 radical (unpaired) electrons. The third-order valence-corrected chi connectivity index (χ3v) is 6.85. The number of anilines is 1. The predicted octanol–water partition coefficient (Wildman–Crippen LogP) is 0.761. The lowest BCUT2D eigenvalue weighted by molar-refractivity contribution is -0.144. The Morgan fingerprint density at radius 1 is 1.29 bits per heavy atom. The van der Waals surface area contributed by atoms with E-state index in [0.717, 1.165) is 56.3 Å². The second-order valence-corrected chi connectivity index (χ2v) is 9.25. The van der Waals surface area contributed by atoms with Crippen molar-refractivity contribution in [1.29, 1.82) is 0 Å². The van der Waals surface area contributed by atoms with Crippen molar-refractivity contribution in [3.8, 4) is 0 Å². The van der Waals surface area contributed by atoms with Crippen LogP contribution in [0.4, 0.5) is 5.82 Å². The maximum Gasteiger partial charge on any atom is 0.245 e. The van der Waals surface area contributed by atoms with E-state index in [9.17, 15) is 14.7 Å². The first-order valence-electron chi connectivity index (χ1n) is 11.4. The maximum absolute atomic E-state index is 13.6. The fourth-order valence-electron chi connectivity index (χ4n) is 4.73. The molecule has 2 fully saturated rings. The van der Waals surface area contributed by atoms with E-state index in [2.05, 4.69) is 28.4 Å². The van der Waals surface area contributed by atoms with Crippen molar-refractivity contribution < 1.29 is 19.4 Å². The quantitative estimate of drug-likeness (QED) is 0.671. The number of hydrogen-bond donors (Lipinski definition) is 2. The summed E-state index contributed by atoms with van der Waals surface area (Å²) in [6.07, 6.45) is 7.06. The van der Waals surface area contributed by atoms with Crippen LogP contribution in [-0.4, -0.2) is 77.5 Å². The fraction of sp³-hybridized carbons (Fsp3) is 0.682. The van der Waals surface area contributed by atoms with E-state index in [1.54, 1.807) is 11.1 Å². The molecule has 168 valence electrons. The summed E-state index contributed by atoms with van der Waals surface area (Å²) in [4.78, 5) is 30.4. The van der Waals surface area contributed by atoms with Crippen LogP contribution in [0.2, 0.25) is 0 Å². The highest BCUT2D eigenvalue weighted by molar-refractivity contribution is 6.10. The zero-order valence-corrected chi connectivity index (χ0v) is 18.0. The third kappa shape index (κ3) is 4.02. The van der Waals surface area contributed by atoms with Gasteiger partial charge in [-0.3, -0.25) is 14.5 Å². The van der Waals surface area contributed by atoms with Crippen LogP contribution < -0.4 is 10.2 Å². The Kier molecular flexibility index (Phi) is 5.58. The molecule has 1 saturated carbocycles. The van der Waals surface area contributed by atoms with Gasteiger partial charge in [0.05, 0.1) is 6.20 Å². The second-order valence-electron chi connectivity index (χ2n) is 9.25. The third-order valence-electron chi connectivity index (χ3n) is 6.85. The minimum Gasteiger partial charge on any atom is -0.381 e. The van der Waals surface area contributed by atoms with E-state index >= 15 is 0 Å². The van der Waals surface area contributed by atoms with E-state index in [-0.39, 0.29) is 11.9 Å². The lowest BCUT2D eigenvalue weighted by Gasteiger charge is -2.38. The van der Waals surface area contributed by atoms with E-state index < -0.39 is 18.1 Å². The molecule has 31 heavy (non-hydrogen) atoms. The van der Waals surface area contributed by atoms with Crippen LogP contribution in [0.15, 0.2) is 12.3 Å². The van der Waals surface area contributed by atoms with Crippen LogP contribution in [-0.2, 0) is 14.3 Å². The number of nitrogens with one attached hydrogen (secondary N) is 1. The smallest absolute Gasteiger partial charge is 0.245 e. The fourth-order valence-corrected chi connectivity index (χ4v) is 4.73. The molecule has 0 aromatic carbocycles. The summed E-state index contributed by atoms with van der Waals surface area (Å²) < 4.78 is 6.97. The molecule has 2 amide bonds. The molecule has 1 aromatic rings. The minimum absolute atomic E-state index is 0.121. The highest BCUT2D eigenvalue weighted by Crippen LogP contribution is 2.39. The number of fused-ring (bicyclic) bond motifs is 1. The number of ether oxygens (including phenoxy) is 1. The van der Waals surface area contributed by atoms with E-state index in [0.29, 0.717) is 31.5 Å². The van der Waals surface area contributed by atoms with Gasteiger partial charge >= 0.3 is 0 Å². The molecule has 4 aliphatic rings. The van der Waals surface area contributed by atoms with Gasteiger partial charge in [0, 0.05) is 44.5 Å². The van der Waals surface area contributed by atoms with Crippen LogP contribution in [0.5, 0.6) is 0 Å². The number of aromatic nitrogens is 2. The molecule has 9 nitrogen and oxygen atoms in total. The first kappa shape index (κ1) is 20.7. The van der Waals surface area contributed by atoms with Gasteiger partial charge < -0.3 is 20.1 Å². The standard InChI is InChI=1S/C22H31N5O4/c1-25-8-4-15(5-9-25)17-12-23-27-20(17)26(13-14-6-10-31-11-7-14)21(29)18(22(27)30)19(28)24-16-2-3-16/h4,12,14,16,18,22,30H,2-3,5-11,13H2,1H3,(H,24,28). The molecule has 0 spiro atoms. The number of amides is 2. The van der Waals surface area contributed by atoms with Gasteiger partial charge in [-0.05, 0) is 50.6 Å². The summed E-state index contributed by atoms with van der Waals surface area (Å²) >= 11 is 0. The molecular weight excluding hydrogens is 398 g/mol. The molecule has 5 rings (SSSR count). The molecule has 1 aromatic heterocycles. The Morgan fingerprint density at radius 2 is 2.06 bits per heavy atom. The van der Waals surface area contributed by atoms with Gasteiger partial charge in [0.1, 0.15) is 5.82 Å². The van der Waals surface area contributed by atoms with Crippen LogP contribution in [0, 0.1) is 11.8 Å². The molecule has 3 aliphatic heterocycles. The molecule has 2 unspecified atom stereocenters. The van der Waals surface area contributed by atoms with Crippen LogP contribution >= 0.6 is 0 Å². The number of nitrogens with zero attached hydrogens (tertiary/aromatic N) is 4. The Hall–Kier alpha value is -2.23. The van der Waals surface area contributed by atoms with Crippen molar-refractivity contribution in [2.45, 2.75) is 44.4 Å². The number of likely N-dealkylation sites (N-methyl/N-ethyl adjacent to an activating group) is 1. The topological polar surface area (TPSA) is 99.9 Å². The van der Waals surface area contributed by atoms with Gasteiger partial charge in [0.25, 0.3) is 0 Å². The first-order chi connectivity index (χ1) is 15.0. The Balaban J connectivity index is 1.50. The van der Waals surface area contributed by atoms with Gasteiger partial charge in [0.2, 0.25) is 11.8 Å². The monoisotopic (exact) mass is 429 g/mol. The summed E-state index contributed by atoms with van der Waals surface area (Å²) in [6, 6.07) is 0.121. The van der Waals surface area contributed by atoms with Crippen LogP contribution in [0.25, 0.3) is 5.57 Å². The number of carbonyl (C=O) groups excluding carboxylic acids is 2. The number of aliphatic hydroxyl groups excluding tert-OH is 1. The largest absolute Gasteiger partial charge is 0.381 e. The van der Waals surface area contributed by atoms with Crippen LogP contribution in [0.3, 0.4) is 0 Å². The lowest BCUT2D eigenvalue weighted by Crippen LogP contribution is -2.54. The molecular formula is C22H31N5O4. The zero-order chi connectivity index (χ0) is 21.5. The number of carbonyl (C=O) groups is 2. The minimum atomic E-state index is -1.30. The molecule has 0 bridgehead atoms. The predicted molar refractivity (Wildman–Crippen MR) is 114 cm³/mol. The van der Waals surface area contributed by atoms with Crippen molar-refractivity contribution in [1.82, 2.24) is 20.0 Å². The average molecular weight is 430 g/mol. The van der Waals surface area contributed by atoms with Gasteiger partial charge in [-0.25, -0.2) is 4.68 Å². The molecule has 2 N–H and O–H groups in total. The zero-order valence-electron chi connectivity index (χ0n) is 18.0. The van der Waals surface area contributed by atoms with E-state index in [1.165, 1.54) is 4.68 Å². The molecule has 1 aliphatic carbocycles. The number of aliphatic hydroxyl groups is 1. The molecule has 1 saturated heterocycles. The maximum atomic E-state index is 13.6. The van der Waals surface area contributed by atoms with Crippen molar-refractivity contribution in [2.24, 2.45) is 11.8 Å². The first-order valence-corrected chi connectivity index (χ1v) is 11.4. The highest BCUT2D eigenvalue weighted by Gasteiger charge is 2.47. The summed E-state index contributed by atoms with van der Waals surface area (Å²) in [6.45, 7) is 3.64. The highest BCUT2D eigenvalue weighted by atomic mass is 16.5. The van der Waals surface area contributed by atoms with Gasteiger partial charge in [-0.1, -0.05) is 6.08 Å². The van der Waals surface area contributed by atoms with Gasteiger partial charge in [-0.15, -0.1) is 0 Å². The van der Waals surface area contributed by atoms with Gasteiger partial charge in [-0.2, -0.15) is 5.10 Å². The summed E-state index contributed by atoms with van der Waals surface area (Å²) in [5, 5.41) is 18.4. The number of rotatable bonds is 5. The van der Waals surface area contributed by atoms with Crippen molar-refractivity contribution in [2.75, 3.05) is 44.8 Å². The average Bonchev–Trinajstić information content (AvgIpc) is 3.47. The normalized spacial score (nSPS) is 27.7.